The third-order valence-corrected chi connectivity index (χ3v) is 3.16. The molecule has 6 heteroatoms. The van der Waals surface area contributed by atoms with Gasteiger partial charge in [0.15, 0.2) is 5.69 Å². The second-order valence-electron chi connectivity index (χ2n) is 4.47. The van der Waals surface area contributed by atoms with Crippen molar-refractivity contribution in [3.63, 3.8) is 0 Å². The summed E-state index contributed by atoms with van der Waals surface area (Å²) in [6, 6.07) is 5.02. The highest BCUT2D eigenvalue weighted by atomic mass is 16.5. The molecule has 0 saturated carbocycles. The maximum atomic E-state index is 10.9. The van der Waals surface area contributed by atoms with E-state index in [-0.39, 0.29) is 18.4 Å². The Morgan fingerprint density at radius 1 is 1.42 bits per heavy atom. The zero-order valence-corrected chi connectivity index (χ0v) is 10.7. The number of pyridine rings is 1. The first-order valence-electron chi connectivity index (χ1n) is 6.38. The molecule has 1 saturated heterocycles. The van der Waals surface area contributed by atoms with Crippen LogP contribution in [0.1, 0.15) is 23.3 Å². The third-order valence-electron chi connectivity index (χ3n) is 3.16. The van der Waals surface area contributed by atoms with Crippen molar-refractivity contribution in [1.82, 2.24) is 4.98 Å². The molecule has 0 bridgehead atoms. The monoisotopic (exact) mass is 266 g/mol. The molecule has 1 aromatic rings. The van der Waals surface area contributed by atoms with Crippen molar-refractivity contribution in [3.8, 4) is 0 Å². The quantitative estimate of drug-likeness (QED) is 0.818. The number of aromatic nitrogens is 1. The SMILES string of the molecule is O=C(O)c1cccc(N2CCC(OCCO)CC2)n1. The van der Waals surface area contributed by atoms with Gasteiger partial charge in [0.1, 0.15) is 5.82 Å². The minimum atomic E-state index is -1.01. The van der Waals surface area contributed by atoms with Crippen LogP contribution in [0.2, 0.25) is 0 Å². The average Bonchev–Trinajstić information content (AvgIpc) is 2.46. The Hall–Kier alpha value is -1.66. The van der Waals surface area contributed by atoms with Crippen LogP contribution in [-0.2, 0) is 4.74 Å². The normalized spacial score (nSPS) is 16.6. The number of nitrogens with zero attached hydrogens (tertiary/aromatic N) is 2. The summed E-state index contributed by atoms with van der Waals surface area (Å²) >= 11 is 0. The number of carboxylic acids is 1. The predicted octanol–water partition coefficient (Wildman–Crippen LogP) is 0.757. The van der Waals surface area contributed by atoms with Crippen LogP contribution in [0.4, 0.5) is 5.82 Å². The molecule has 1 aliphatic rings. The van der Waals surface area contributed by atoms with Gasteiger partial charge >= 0.3 is 5.97 Å². The number of rotatable bonds is 5. The van der Waals surface area contributed by atoms with E-state index in [1.807, 2.05) is 6.07 Å². The number of carbonyl (C=O) groups is 1. The minimum absolute atomic E-state index is 0.0441. The topological polar surface area (TPSA) is 82.9 Å². The van der Waals surface area contributed by atoms with Crippen LogP contribution in [0, 0.1) is 0 Å². The van der Waals surface area contributed by atoms with Gasteiger partial charge in [0, 0.05) is 13.1 Å². The summed E-state index contributed by atoms with van der Waals surface area (Å²) in [4.78, 5) is 17.1. The Morgan fingerprint density at radius 3 is 2.79 bits per heavy atom. The van der Waals surface area contributed by atoms with Crippen LogP contribution in [0.3, 0.4) is 0 Å². The number of aromatic carboxylic acids is 1. The van der Waals surface area contributed by atoms with E-state index in [1.165, 1.54) is 6.07 Å². The molecule has 1 aromatic heterocycles. The second-order valence-corrected chi connectivity index (χ2v) is 4.47. The van der Waals surface area contributed by atoms with Gasteiger partial charge in [-0.3, -0.25) is 0 Å². The van der Waals surface area contributed by atoms with E-state index in [0.29, 0.717) is 12.4 Å². The van der Waals surface area contributed by atoms with Gasteiger partial charge in [0.2, 0.25) is 0 Å². The Labute approximate surface area is 111 Å². The summed E-state index contributed by atoms with van der Waals surface area (Å²) in [7, 11) is 0. The zero-order chi connectivity index (χ0) is 13.7. The van der Waals surface area contributed by atoms with Crippen molar-refractivity contribution in [2.75, 3.05) is 31.2 Å². The summed E-state index contributed by atoms with van der Waals surface area (Å²) in [5.74, 6) is -0.316. The van der Waals surface area contributed by atoms with Crippen molar-refractivity contribution in [1.29, 1.82) is 0 Å². The van der Waals surface area contributed by atoms with Gasteiger partial charge < -0.3 is 19.8 Å². The first kappa shape index (κ1) is 13.8. The lowest BCUT2D eigenvalue weighted by Gasteiger charge is -2.32. The summed E-state index contributed by atoms with van der Waals surface area (Å²) in [6.07, 6.45) is 1.89. The van der Waals surface area contributed by atoms with Crippen molar-refractivity contribution in [2.24, 2.45) is 0 Å². The maximum Gasteiger partial charge on any atom is 0.354 e. The Bertz CT molecular complexity index is 430. The first-order valence-corrected chi connectivity index (χ1v) is 6.38. The predicted molar refractivity (Wildman–Crippen MR) is 69.5 cm³/mol. The molecule has 2 heterocycles. The molecule has 6 nitrogen and oxygen atoms in total. The van der Waals surface area contributed by atoms with E-state index in [1.54, 1.807) is 6.07 Å². The van der Waals surface area contributed by atoms with E-state index in [9.17, 15) is 4.79 Å². The van der Waals surface area contributed by atoms with Gasteiger partial charge in [0.05, 0.1) is 19.3 Å². The van der Waals surface area contributed by atoms with Gasteiger partial charge in [-0.15, -0.1) is 0 Å². The summed E-state index contributed by atoms with van der Waals surface area (Å²) in [5.41, 5.74) is 0.0659. The maximum absolute atomic E-state index is 10.9. The number of hydrogen-bond acceptors (Lipinski definition) is 5. The molecular formula is C13H18N2O4. The van der Waals surface area contributed by atoms with Gasteiger partial charge in [-0.05, 0) is 25.0 Å². The Morgan fingerprint density at radius 2 is 2.16 bits per heavy atom. The summed E-state index contributed by atoms with van der Waals surface area (Å²) < 4.78 is 5.49. The molecular weight excluding hydrogens is 248 g/mol. The fourth-order valence-corrected chi connectivity index (χ4v) is 2.19. The van der Waals surface area contributed by atoms with Crippen molar-refractivity contribution in [3.05, 3.63) is 23.9 Å². The zero-order valence-electron chi connectivity index (χ0n) is 10.7. The van der Waals surface area contributed by atoms with Crippen LogP contribution in [-0.4, -0.2) is 53.6 Å². The Balaban J connectivity index is 1.94. The third kappa shape index (κ3) is 3.65. The molecule has 2 N–H and O–H groups in total. The average molecular weight is 266 g/mol. The van der Waals surface area contributed by atoms with E-state index in [0.717, 1.165) is 25.9 Å². The molecule has 1 fully saturated rings. The first-order chi connectivity index (χ1) is 9.20. The molecule has 0 aliphatic carbocycles. The van der Waals surface area contributed by atoms with E-state index in [4.69, 9.17) is 14.9 Å². The molecule has 1 aliphatic heterocycles. The van der Waals surface area contributed by atoms with E-state index in [2.05, 4.69) is 9.88 Å². The number of anilines is 1. The largest absolute Gasteiger partial charge is 0.477 e. The molecule has 0 atom stereocenters. The highest BCUT2D eigenvalue weighted by Crippen LogP contribution is 2.19. The molecule has 2 rings (SSSR count). The fourth-order valence-electron chi connectivity index (χ4n) is 2.19. The van der Waals surface area contributed by atoms with Crippen LogP contribution in [0.15, 0.2) is 18.2 Å². The molecule has 0 unspecified atom stereocenters. The second kappa shape index (κ2) is 6.49. The van der Waals surface area contributed by atoms with Crippen LogP contribution < -0.4 is 4.90 Å². The van der Waals surface area contributed by atoms with Gasteiger partial charge in [-0.25, -0.2) is 9.78 Å². The molecule has 104 valence electrons. The highest BCUT2D eigenvalue weighted by molar-refractivity contribution is 5.85. The molecule has 0 radical (unpaired) electrons. The smallest absolute Gasteiger partial charge is 0.354 e. The number of piperidine rings is 1. The summed E-state index contributed by atoms with van der Waals surface area (Å²) in [5, 5.41) is 17.6. The number of aliphatic hydroxyl groups excluding tert-OH is 1. The lowest BCUT2D eigenvalue weighted by Crippen LogP contribution is -2.38. The minimum Gasteiger partial charge on any atom is -0.477 e. The standard InChI is InChI=1S/C13H18N2O4/c16-8-9-19-10-4-6-15(7-5-10)12-3-1-2-11(14-12)13(17)18/h1-3,10,16H,4-9H2,(H,17,18). The van der Waals surface area contributed by atoms with Crippen molar-refractivity contribution >= 4 is 11.8 Å². The number of carboxylic acid groups (broad SMARTS) is 1. The van der Waals surface area contributed by atoms with Crippen LogP contribution in [0.25, 0.3) is 0 Å². The number of aliphatic hydroxyl groups is 1. The highest BCUT2D eigenvalue weighted by Gasteiger charge is 2.21. The van der Waals surface area contributed by atoms with Crippen LogP contribution >= 0.6 is 0 Å². The van der Waals surface area contributed by atoms with Crippen LogP contribution in [0.5, 0.6) is 0 Å². The van der Waals surface area contributed by atoms with Gasteiger partial charge in [-0.1, -0.05) is 6.07 Å². The van der Waals surface area contributed by atoms with Crippen molar-refractivity contribution in [2.45, 2.75) is 18.9 Å². The van der Waals surface area contributed by atoms with Gasteiger partial charge in [-0.2, -0.15) is 0 Å². The fraction of sp³-hybridized carbons (Fsp3) is 0.538. The van der Waals surface area contributed by atoms with Gasteiger partial charge in [0.25, 0.3) is 0 Å². The van der Waals surface area contributed by atoms with Crippen molar-refractivity contribution < 1.29 is 19.7 Å². The lowest BCUT2D eigenvalue weighted by atomic mass is 10.1. The van der Waals surface area contributed by atoms with E-state index >= 15 is 0 Å². The molecule has 0 aromatic carbocycles. The number of ether oxygens (including phenoxy) is 1. The molecule has 19 heavy (non-hydrogen) atoms. The number of hydrogen-bond donors (Lipinski definition) is 2. The Kier molecular flexibility index (Phi) is 4.70. The van der Waals surface area contributed by atoms with E-state index < -0.39 is 5.97 Å². The molecule has 0 amide bonds. The summed E-state index contributed by atoms with van der Waals surface area (Å²) in [6.45, 7) is 1.98. The molecule has 0 spiro atoms. The lowest BCUT2D eigenvalue weighted by molar-refractivity contribution is 0.0158.